The Labute approximate surface area is 113 Å². The Morgan fingerprint density at radius 1 is 1.53 bits per heavy atom. The predicted octanol–water partition coefficient (Wildman–Crippen LogP) is -1.03. The molecular formula is C11H12NNaO2. The number of hydrogen-bond acceptors (Lipinski definition) is 3. The summed E-state index contributed by atoms with van der Waals surface area (Å²) >= 11 is 0. The van der Waals surface area contributed by atoms with Crippen molar-refractivity contribution in [2.45, 2.75) is 12.8 Å². The van der Waals surface area contributed by atoms with Crippen molar-refractivity contribution < 1.29 is 40.5 Å². The van der Waals surface area contributed by atoms with Crippen LogP contribution in [-0.4, -0.2) is 12.6 Å². The first-order valence-corrected chi connectivity index (χ1v) is 4.40. The second-order valence-corrected chi connectivity index (χ2v) is 2.72. The van der Waals surface area contributed by atoms with Gasteiger partial charge in [-0.05, 0) is 12.5 Å². The number of benzene rings is 1. The summed E-state index contributed by atoms with van der Waals surface area (Å²) in [4.78, 5) is 11.3. The largest absolute Gasteiger partial charge is 1.00 e. The predicted molar refractivity (Wildman–Crippen MR) is 52.5 cm³/mol. The Morgan fingerprint density at radius 3 is 2.60 bits per heavy atom. The van der Waals surface area contributed by atoms with E-state index in [0.29, 0.717) is 12.2 Å². The van der Waals surface area contributed by atoms with Gasteiger partial charge >= 0.3 is 35.5 Å². The molecule has 74 valence electrons. The van der Waals surface area contributed by atoms with Crippen LogP contribution in [0.1, 0.15) is 19.8 Å². The Bertz CT molecular complexity index is 351. The van der Waals surface area contributed by atoms with Crippen LogP contribution in [0.4, 0.5) is 0 Å². The summed E-state index contributed by atoms with van der Waals surface area (Å²) in [5.41, 5.74) is 0.674. The molecule has 15 heavy (non-hydrogen) atoms. The molecule has 0 aliphatic carbocycles. The van der Waals surface area contributed by atoms with Gasteiger partial charge in [0, 0.05) is 0 Å². The summed E-state index contributed by atoms with van der Waals surface area (Å²) in [6.07, 6.45) is 0. The molecule has 0 saturated heterocycles. The van der Waals surface area contributed by atoms with Crippen LogP contribution < -0.4 is 29.6 Å². The molecule has 0 N–H and O–H groups in total. The summed E-state index contributed by atoms with van der Waals surface area (Å²) in [5.74, 6) is -1.29. The Morgan fingerprint density at radius 2 is 2.13 bits per heavy atom. The molecule has 0 heterocycles. The van der Waals surface area contributed by atoms with E-state index < -0.39 is 11.9 Å². The van der Waals surface area contributed by atoms with Crippen LogP contribution in [-0.2, 0) is 9.53 Å². The number of nitrogens with zero attached hydrogens (tertiary/aromatic N) is 1. The number of nitriles is 1. The minimum atomic E-state index is -0.809. The van der Waals surface area contributed by atoms with Gasteiger partial charge in [0.25, 0.3) is 0 Å². The monoisotopic (exact) mass is 213 g/mol. The number of rotatable bonds is 3. The molecule has 0 radical (unpaired) electrons. The quantitative estimate of drug-likeness (QED) is 0.476. The maximum absolute atomic E-state index is 11.3. The Balaban J connectivity index is 0. The topological polar surface area (TPSA) is 50.1 Å². The molecule has 1 aromatic carbocycles. The van der Waals surface area contributed by atoms with E-state index in [1.165, 1.54) is 0 Å². The van der Waals surface area contributed by atoms with Gasteiger partial charge in [-0.1, -0.05) is 30.3 Å². The molecule has 0 saturated carbocycles. The van der Waals surface area contributed by atoms with Crippen molar-refractivity contribution in [1.82, 2.24) is 0 Å². The Kier molecular flexibility index (Phi) is 7.06. The van der Waals surface area contributed by atoms with Crippen molar-refractivity contribution in [1.29, 1.82) is 5.26 Å². The maximum Gasteiger partial charge on any atom is 1.00 e. The van der Waals surface area contributed by atoms with Gasteiger partial charge in [0.1, 0.15) is 0 Å². The van der Waals surface area contributed by atoms with Crippen molar-refractivity contribution in [2.24, 2.45) is 0 Å². The summed E-state index contributed by atoms with van der Waals surface area (Å²) in [5, 5.41) is 8.83. The second kappa shape index (κ2) is 7.47. The molecule has 1 atom stereocenters. The molecule has 3 nitrogen and oxygen atoms in total. The van der Waals surface area contributed by atoms with Crippen molar-refractivity contribution >= 4 is 5.97 Å². The van der Waals surface area contributed by atoms with E-state index >= 15 is 0 Å². The van der Waals surface area contributed by atoms with Crippen LogP contribution in [0.3, 0.4) is 0 Å². The maximum atomic E-state index is 11.3. The third-order valence-electron chi connectivity index (χ3n) is 1.78. The third-order valence-corrected chi connectivity index (χ3v) is 1.78. The van der Waals surface area contributed by atoms with Crippen molar-refractivity contribution in [3.8, 4) is 6.07 Å². The van der Waals surface area contributed by atoms with E-state index in [1.807, 2.05) is 12.1 Å². The van der Waals surface area contributed by atoms with Crippen LogP contribution in [0.25, 0.3) is 0 Å². The molecule has 1 aromatic rings. The molecule has 0 amide bonds. The molecule has 0 aliphatic heterocycles. The van der Waals surface area contributed by atoms with Crippen LogP contribution in [0.5, 0.6) is 0 Å². The molecule has 1 rings (SSSR count). The number of carbonyl (C=O) groups excluding carboxylic acids is 1. The van der Waals surface area contributed by atoms with Crippen LogP contribution in [0, 0.1) is 11.3 Å². The van der Waals surface area contributed by atoms with E-state index in [1.54, 1.807) is 31.2 Å². The SMILES string of the molecule is CCOC(=O)C(C#N)c1ccccc1.[H-].[Na+]. The number of ether oxygens (including phenoxy) is 1. The normalized spacial score (nSPS) is 10.7. The average Bonchev–Trinajstić information content (AvgIpc) is 2.21. The second-order valence-electron chi connectivity index (χ2n) is 2.72. The molecular weight excluding hydrogens is 201 g/mol. The van der Waals surface area contributed by atoms with Gasteiger partial charge in [0.2, 0.25) is 0 Å². The fourth-order valence-corrected chi connectivity index (χ4v) is 1.13. The first-order valence-electron chi connectivity index (χ1n) is 4.40. The fourth-order valence-electron chi connectivity index (χ4n) is 1.13. The van der Waals surface area contributed by atoms with E-state index in [0.717, 1.165) is 0 Å². The van der Waals surface area contributed by atoms with Gasteiger partial charge in [-0.2, -0.15) is 5.26 Å². The smallest absolute Gasteiger partial charge is 1.00 e. The van der Waals surface area contributed by atoms with Gasteiger partial charge in [0.15, 0.2) is 5.92 Å². The zero-order valence-electron chi connectivity index (χ0n) is 9.93. The van der Waals surface area contributed by atoms with Gasteiger partial charge in [-0.25, -0.2) is 0 Å². The van der Waals surface area contributed by atoms with Gasteiger partial charge in [-0.15, -0.1) is 0 Å². The van der Waals surface area contributed by atoms with Crippen molar-refractivity contribution in [3.63, 3.8) is 0 Å². The summed E-state index contributed by atoms with van der Waals surface area (Å²) in [6, 6.07) is 10.8. The van der Waals surface area contributed by atoms with Crippen LogP contribution >= 0.6 is 0 Å². The number of esters is 1. The van der Waals surface area contributed by atoms with E-state index in [9.17, 15) is 4.79 Å². The Hall–Kier alpha value is -0.820. The van der Waals surface area contributed by atoms with Crippen LogP contribution in [0.15, 0.2) is 30.3 Å². The van der Waals surface area contributed by atoms with Crippen LogP contribution in [0.2, 0.25) is 0 Å². The number of carbonyl (C=O) groups is 1. The summed E-state index contributed by atoms with van der Waals surface area (Å²) in [6.45, 7) is 2.02. The van der Waals surface area contributed by atoms with Gasteiger partial charge < -0.3 is 6.16 Å². The zero-order chi connectivity index (χ0) is 10.4. The third kappa shape index (κ3) is 4.05. The molecule has 0 aromatic heterocycles. The van der Waals surface area contributed by atoms with E-state index in [4.69, 9.17) is 10.00 Å². The summed E-state index contributed by atoms with van der Waals surface area (Å²) in [7, 11) is 0. The molecule has 0 spiro atoms. The minimum absolute atomic E-state index is 0. The summed E-state index contributed by atoms with van der Waals surface area (Å²) < 4.78 is 4.79. The molecule has 4 heteroatoms. The van der Waals surface area contributed by atoms with Crippen molar-refractivity contribution in [2.75, 3.05) is 6.61 Å². The minimum Gasteiger partial charge on any atom is -1.00 e. The van der Waals surface area contributed by atoms with Crippen molar-refractivity contribution in [3.05, 3.63) is 35.9 Å². The first-order chi connectivity index (χ1) is 6.79. The van der Waals surface area contributed by atoms with Gasteiger partial charge in [0.05, 0.1) is 12.7 Å². The average molecular weight is 213 g/mol. The number of hydrogen-bond donors (Lipinski definition) is 0. The first kappa shape index (κ1) is 14.2. The molecule has 1 unspecified atom stereocenters. The molecule has 0 fully saturated rings. The van der Waals surface area contributed by atoms with Gasteiger partial charge in [-0.3, -0.25) is 4.79 Å². The fraction of sp³-hybridized carbons (Fsp3) is 0.273. The molecule has 0 bridgehead atoms. The standard InChI is InChI=1S/C11H11NO2.Na.H/c1-2-14-11(13)10(8-12)9-6-4-3-5-7-9;;/h3-7,10H,2H2,1H3;;/q;+1;-1. The van der Waals surface area contributed by atoms with E-state index in [2.05, 4.69) is 0 Å². The molecule has 0 aliphatic rings. The zero-order valence-corrected chi connectivity index (χ0v) is 10.9. The van der Waals surface area contributed by atoms with E-state index in [-0.39, 0.29) is 31.0 Å².